The van der Waals surface area contributed by atoms with E-state index in [4.69, 9.17) is 14.6 Å². The second-order valence-corrected chi connectivity index (χ2v) is 3.58. The first-order valence-electron chi connectivity index (χ1n) is 5.90. The zero-order valence-electron chi connectivity index (χ0n) is 10.8. The van der Waals surface area contributed by atoms with Crippen LogP contribution in [0.2, 0.25) is 0 Å². The van der Waals surface area contributed by atoms with Gasteiger partial charge >= 0.3 is 5.97 Å². The summed E-state index contributed by atoms with van der Waals surface area (Å²) in [6.07, 6.45) is 0. The number of rotatable bonds is 11. The van der Waals surface area contributed by atoms with Crippen molar-refractivity contribution >= 4 is 5.97 Å². The molecule has 0 saturated heterocycles. The summed E-state index contributed by atoms with van der Waals surface area (Å²) in [5, 5.41) is 8.79. The van der Waals surface area contributed by atoms with Gasteiger partial charge in [0.1, 0.15) is 0 Å². The van der Waals surface area contributed by atoms with Crippen molar-refractivity contribution in [2.75, 3.05) is 46.1 Å². The zero-order chi connectivity index (χ0) is 13.1. The minimum atomic E-state index is -0.956. The average molecular weight is 245 g/mol. The van der Waals surface area contributed by atoms with Gasteiger partial charge in [-0.3, -0.25) is 4.90 Å². The fraction of sp³-hybridized carbons (Fsp3) is 0.750. The van der Waals surface area contributed by atoms with E-state index in [1.807, 2.05) is 18.7 Å². The van der Waals surface area contributed by atoms with E-state index in [2.05, 4.69) is 6.58 Å². The van der Waals surface area contributed by atoms with Gasteiger partial charge in [-0.05, 0) is 13.8 Å². The van der Waals surface area contributed by atoms with E-state index in [1.54, 1.807) is 0 Å². The Morgan fingerprint density at radius 2 is 1.65 bits per heavy atom. The highest BCUT2D eigenvalue weighted by molar-refractivity contribution is 5.86. The molecule has 1 N–H and O–H groups in total. The maximum atomic E-state index is 10.7. The van der Waals surface area contributed by atoms with E-state index in [0.717, 1.165) is 0 Å². The molecule has 5 nitrogen and oxygen atoms in total. The topological polar surface area (TPSA) is 59.0 Å². The summed E-state index contributed by atoms with van der Waals surface area (Å²) in [6.45, 7) is 11.6. The van der Waals surface area contributed by atoms with E-state index >= 15 is 0 Å². The number of ether oxygens (including phenoxy) is 2. The average Bonchev–Trinajstić information content (AvgIpc) is 2.29. The number of carbonyl (C=O) groups is 1. The Kier molecular flexibility index (Phi) is 9.71. The molecule has 100 valence electrons. The molecule has 0 amide bonds. The van der Waals surface area contributed by atoms with Gasteiger partial charge in [0.25, 0.3) is 0 Å². The van der Waals surface area contributed by atoms with Gasteiger partial charge in [0.2, 0.25) is 0 Å². The van der Waals surface area contributed by atoms with Crippen molar-refractivity contribution in [3.8, 4) is 0 Å². The van der Waals surface area contributed by atoms with E-state index in [-0.39, 0.29) is 5.57 Å². The molecule has 0 unspecified atom stereocenters. The number of carboxylic acids is 1. The Morgan fingerprint density at radius 1 is 1.18 bits per heavy atom. The van der Waals surface area contributed by atoms with Crippen molar-refractivity contribution < 1.29 is 19.4 Å². The molecular weight excluding hydrogens is 222 g/mol. The second kappa shape index (κ2) is 10.3. The molecule has 0 rings (SSSR count). The lowest BCUT2D eigenvalue weighted by atomic mass is 10.3. The predicted octanol–water partition coefficient (Wildman–Crippen LogP) is 1.00. The molecule has 0 saturated carbocycles. The molecule has 0 bridgehead atoms. The first-order valence-corrected chi connectivity index (χ1v) is 5.90. The maximum Gasteiger partial charge on any atom is 0.332 e. The van der Waals surface area contributed by atoms with E-state index in [9.17, 15) is 4.79 Å². The summed E-state index contributed by atoms with van der Waals surface area (Å²) in [5.74, 6) is -0.956. The fourth-order valence-electron chi connectivity index (χ4n) is 1.28. The van der Waals surface area contributed by atoms with Crippen molar-refractivity contribution in [2.24, 2.45) is 0 Å². The minimum Gasteiger partial charge on any atom is -0.478 e. The van der Waals surface area contributed by atoms with Gasteiger partial charge < -0.3 is 14.6 Å². The van der Waals surface area contributed by atoms with Crippen LogP contribution >= 0.6 is 0 Å². The Balaban J connectivity index is 4.00. The lowest BCUT2D eigenvalue weighted by molar-refractivity contribution is -0.132. The fourth-order valence-corrected chi connectivity index (χ4v) is 1.28. The Morgan fingerprint density at radius 3 is 2.00 bits per heavy atom. The van der Waals surface area contributed by atoms with Crippen LogP contribution in [0.25, 0.3) is 0 Å². The maximum absolute atomic E-state index is 10.7. The highest BCUT2D eigenvalue weighted by Crippen LogP contribution is 1.98. The monoisotopic (exact) mass is 245 g/mol. The Bertz CT molecular complexity index is 221. The Labute approximate surface area is 103 Å². The van der Waals surface area contributed by atoms with Crippen LogP contribution in [0.5, 0.6) is 0 Å². The first kappa shape index (κ1) is 16.1. The zero-order valence-corrected chi connectivity index (χ0v) is 10.8. The Hall–Kier alpha value is -0.910. The third-order valence-electron chi connectivity index (χ3n) is 2.23. The van der Waals surface area contributed by atoms with E-state index < -0.39 is 5.97 Å². The summed E-state index contributed by atoms with van der Waals surface area (Å²) in [6, 6.07) is 0. The summed E-state index contributed by atoms with van der Waals surface area (Å²) in [5.41, 5.74) is 0.193. The molecule has 0 aromatic heterocycles. The highest BCUT2D eigenvalue weighted by atomic mass is 16.5. The summed E-state index contributed by atoms with van der Waals surface area (Å²) < 4.78 is 10.5. The van der Waals surface area contributed by atoms with Gasteiger partial charge in [0, 0.05) is 38.4 Å². The molecule has 0 aliphatic heterocycles. The third kappa shape index (κ3) is 8.85. The van der Waals surface area contributed by atoms with E-state index in [1.165, 1.54) is 0 Å². The lowest BCUT2D eigenvalue weighted by Crippen LogP contribution is -2.34. The van der Waals surface area contributed by atoms with Gasteiger partial charge in [-0.15, -0.1) is 0 Å². The minimum absolute atomic E-state index is 0.193. The molecule has 0 heterocycles. The van der Waals surface area contributed by atoms with Crippen LogP contribution in [-0.2, 0) is 14.3 Å². The number of carboxylic acid groups (broad SMARTS) is 1. The molecule has 5 heteroatoms. The van der Waals surface area contributed by atoms with Crippen LogP contribution in [0.4, 0.5) is 0 Å². The first-order chi connectivity index (χ1) is 8.11. The summed E-state index contributed by atoms with van der Waals surface area (Å²) in [4.78, 5) is 12.7. The van der Waals surface area contributed by atoms with Gasteiger partial charge in [0.15, 0.2) is 0 Å². The van der Waals surface area contributed by atoms with Crippen LogP contribution in [0.15, 0.2) is 12.2 Å². The molecule has 0 aliphatic carbocycles. The number of hydrogen-bond acceptors (Lipinski definition) is 4. The number of aliphatic carboxylic acids is 1. The number of hydrogen-bond donors (Lipinski definition) is 1. The second-order valence-electron chi connectivity index (χ2n) is 3.58. The molecule has 17 heavy (non-hydrogen) atoms. The van der Waals surface area contributed by atoms with Crippen molar-refractivity contribution in [1.82, 2.24) is 4.90 Å². The molecule has 0 spiro atoms. The number of nitrogens with zero attached hydrogens (tertiary/aromatic N) is 1. The van der Waals surface area contributed by atoms with Crippen molar-refractivity contribution in [3.05, 3.63) is 12.2 Å². The van der Waals surface area contributed by atoms with Crippen LogP contribution in [0.3, 0.4) is 0 Å². The standard InChI is InChI=1S/C12H23NO4/c1-4-16-8-6-13(7-9-17-5-2)10-11(3)12(14)15/h3-10H2,1-2H3,(H,14,15). The molecular formula is C12H23NO4. The molecule has 0 atom stereocenters. The molecule has 0 radical (unpaired) electrons. The van der Waals surface area contributed by atoms with Gasteiger partial charge in [-0.2, -0.15) is 0 Å². The lowest BCUT2D eigenvalue weighted by Gasteiger charge is -2.21. The van der Waals surface area contributed by atoms with Crippen molar-refractivity contribution in [2.45, 2.75) is 13.8 Å². The molecule has 0 aromatic carbocycles. The predicted molar refractivity (Wildman–Crippen MR) is 66.2 cm³/mol. The van der Waals surface area contributed by atoms with Gasteiger partial charge in [0.05, 0.1) is 13.2 Å². The van der Waals surface area contributed by atoms with Crippen molar-refractivity contribution in [1.29, 1.82) is 0 Å². The normalized spacial score (nSPS) is 10.8. The molecule has 0 aromatic rings. The SMILES string of the molecule is C=C(CN(CCOCC)CCOCC)C(=O)O. The van der Waals surface area contributed by atoms with Crippen molar-refractivity contribution in [3.63, 3.8) is 0 Å². The highest BCUT2D eigenvalue weighted by Gasteiger charge is 2.11. The van der Waals surface area contributed by atoms with Crippen LogP contribution in [0, 0.1) is 0 Å². The summed E-state index contributed by atoms with van der Waals surface area (Å²) >= 11 is 0. The largest absolute Gasteiger partial charge is 0.478 e. The smallest absolute Gasteiger partial charge is 0.332 e. The third-order valence-corrected chi connectivity index (χ3v) is 2.23. The van der Waals surface area contributed by atoms with Gasteiger partial charge in [-0.1, -0.05) is 6.58 Å². The van der Waals surface area contributed by atoms with Crippen LogP contribution < -0.4 is 0 Å². The molecule has 0 aliphatic rings. The summed E-state index contributed by atoms with van der Waals surface area (Å²) in [7, 11) is 0. The van der Waals surface area contributed by atoms with Gasteiger partial charge in [-0.25, -0.2) is 4.79 Å². The quantitative estimate of drug-likeness (QED) is 0.435. The van der Waals surface area contributed by atoms with Crippen LogP contribution in [-0.4, -0.2) is 62.0 Å². The van der Waals surface area contributed by atoms with E-state index in [0.29, 0.717) is 46.1 Å². The molecule has 0 fully saturated rings. The van der Waals surface area contributed by atoms with Crippen LogP contribution in [0.1, 0.15) is 13.8 Å².